The molecule has 1 atom stereocenters. The highest BCUT2D eigenvalue weighted by atomic mass is 16.5. The van der Waals surface area contributed by atoms with E-state index in [4.69, 9.17) is 4.74 Å². The Labute approximate surface area is 85.1 Å². The van der Waals surface area contributed by atoms with Crippen molar-refractivity contribution in [2.45, 2.75) is 33.6 Å². The van der Waals surface area contributed by atoms with E-state index in [9.17, 15) is 9.59 Å². The molecule has 14 heavy (non-hydrogen) atoms. The van der Waals surface area contributed by atoms with Gasteiger partial charge in [0.25, 0.3) is 0 Å². The van der Waals surface area contributed by atoms with Gasteiger partial charge < -0.3 is 4.74 Å². The number of Topliss-reactive ketones (excluding diaryl/α,β-unsaturated/α-hetero) is 1. The molecule has 0 aromatic carbocycles. The van der Waals surface area contributed by atoms with Crippen LogP contribution in [-0.4, -0.2) is 18.4 Å². The molecule has 3 nitrogen and oxygen atoms in total. The molecule has 0 N–H and O–H groups in total. The quantitative estimate of drug-likeness (QED) is 0.485. The van der Waals surface area contributed by atoms with Gasteiger partial charge in [0.05, 0.1) is 6.61 Å². The summed E-state index contributed by atoms with van der Waals surface area (Å²) in [6.45, 7) is 5.64. The molecule has 1 unspecified atom stereocenters. The number of rotatable bonds is 6. The molecule has 0 aliphatic heterocycles. The van der Waals surface area contributed by atoms with Crippen LogP contribution in [-0.2, 0) is 14.3 Å². The highest BCUT2D eigenvalue weighted by Crippen LogP contribution is 2.06. The van der Waals surface area contributed by atoms with Crippen LogP contribution in [0.3, 0.4) is 0 Å². The van der Waals surface area contributed by atoms with E-state index in [-0.39, 0.29) is 17.7 Å². The minimum Gasteiger partial charge on any atom is -0.463 e. The lowest BCUT2D eigenvalue weighted by Gasteiger charge is -2.03. The lowest BCUT2D eigenvalue weighted by atomic mass is 10.0. The first-order valence-corrected chi connectivity index (χ1v) is 4.91. The summed E-state index contributed by atoms with van der Waals surface area (Å²) in [6.07, 6.45) is 4.68. The van der Waals surface area contributed by atoms with Crippen molar-refractivity contribution in [3.05, 3.63) is 12.2 Å². The van der Waals surface area contributed by atoms with E-state index in [0.717, 1.165) is 12.8 Å². The smallest absolute Gasteiger partial charge is 0.330 e. The highest BCUT2D eigenvalue weighted by Gasteiger charge is 2.05. The fraction of sp³-hybridized carbons (Fsp3) is 0.636. The summed E-state index contributed by atoms with van der Waals surface area (Å²) >= 11 is 0. The second kappa shape index (κ2) is 7.30. The third kappa shape index (κ3) is 6.40. The number of esters is 1. The van der Waals surface area contributed by atoms with Crippen molar-refractivity contribution in [3.8, 4) is 0 Å². The molecule has 0 aromatic rings. The molecule has 0 aliphatic carbocycles. The zero-order valence-electron chi connectivity index (χ0n) is 9.08. The van der Waals surface area contributed by atoms with Crippen LogP contribution in [0, 0.1) is 5.92 Å². The second-order valence-electron chi connectivity index (χ2n) is 3.24. The molecule has 0 aliphatic rings. The van der Waals surface area contributed by atoms with Crippen LogP contribution < -0.4 is 0 Å². The number of hydrogen-bond donors (Lipinski definition) is 0. The van der Waals surface area contributed by atoms with Crippen LogP contribution in [0.15, 0.2) is 12.2 Å². The van der Waals surface area contributed by atoms with Crippen molar-refractivity contribution in [3.63, 3.8) is 0 Å². The van der Waals surface area contributed by atoms with E-state index in [1.54, 1.807) is 19.9 Å². The number of carbonyl (C=O) groups is 2. The molecule has 80 valence electrons. The van der Waals surface area contributed by atoms with E-state index < -0.39 is 0 Å². The Morgan fingerprint density at radius 3 is 2.57 bits per heavy atom. The number of ether oxygens (including phenoxy) is 1. The maximum atomic E-state index is 10.9. The fourth-order valence-corrected chi connectivity index (χ4v) is 0.919. The highest BCUT2D eigenvalue weighted by molar-refractivity contribution is 5.81. The molecule has 0 saturated heterocycles. The molecule has 0 aromatic heterocycles. The van der Waals surface area contributed by atoms with Crippen molar-refractivity contribution in [1.29, 1.82) is 0 Å². The summed E-state index contributed by atoms with van der Waals surface area (Å²) in [6, 6.07) is 0. The van der Waals surface area contributed by atoms with E-state index >= 15 is 0 Å². The van der Waals surface area contributed by atoms with Crippen LogP contribution in [0.4, 0.5) is 0 Å². The summed E-state index contributed by atoms with van der Waals surface area (Å²) in [5, 5.41) is 0. The third-order valence-electron chi connectivity index (χ3n) is 2.00. The van der Waals surface area contributed by atoms with Crippen molar-refractivity contribution in [2.24, 2.45) is 5.92 Å². The van der Waals surface area contributed by atoms with Gasteiger partial charge >= 0.3 is 5.97 Å². The largest absolute Gasteiger partial charge is 0.463 e. The third-order valence-corrected chi connectivity index (χ3v) is 2.00. The Bertz CT molecular complexity index is 219. The molecule has 0 bridgehead atoms. The Balaban J connectivity index is 3.63. The topological polar surface area (TPSA) is 43.4 Å². The summed E-state index contributed by atoms with van der Waals surface area (Å²) in [5.41, 5.74) is 0. The van der Waals surface area contributed by atoms with E-state index in [0.29, 0.717) is 6.61 Å². The molecule has 0 saturated carbocycles. The zero-order valence-corrected chi connectivity index (χ0v) is 9.08. The number of carbonyl (C=O) groups excluding carboxylic acids is 2. The molecule has 0 rings (SSSR count). The Hall–Kier alpha value is -1.12. The van der Waals surface area contributed by atoms with Crippen LogP contribution in [0.5, 0.6) is 0 Å². The van der Waals surface area contributed by atoms with Gasteiger partial charge in [-0.25, -0.2) is 4.79 Å². The second-order valence-corrected chi connectivity index (χ2v) is 3.24. The zero-order chi connectivity index (χ0) is 11.0. The van der Waals surface area contributed by atoms with Gasteiger partial charge in [-0.15, -0.1) is 0 Å². The van der Waals surface area contributed by atoms with Crippen LogP contribution in [0.25, 0.3) is 0 Å². The Morgan fingerprint density at radius 2 is 2.07 bits per heavy atom. The first kappa shape index (κ1) is 12.9. The Kier molecular flexibility index (Phi) is 6.72. The normalized spacial score (nSPS) is 12.8. The number of ketones is 1. The fourth-order valence-electron chi connectivity index (χ4n) is 0.919. The molecule has 0 spiro atoms. The average Bonchev–Trinajstić information content (AvgIpc) is 2.12. The first-order valence-electron chi connectivity index (χ1n) is 4.91. The standard InChI is InChI=1S/C11H18O3/c1-4-14-11(13)8-6-5-7-9(2)10(3)12/h6,8-9H,4-5,7H2,1-3H3/b8-6+. The van der Waals surface area contributed by atoms with Gasteiger partial charge in [-0.1, -0.05) is 13.0 Å². The van der Waals surface area contributed by atoms with E-state index in [1.165, 1.54) is 6.08 Å². The van der Waals surface area contributed by atoms with Gasteiger partial charge in [0.2, 0.25) is 0 Å². The summed E-state index contributed by atoms with van der Waals surface area (Å²) in [7, 11) is 0. The van der Waals surface area contributed by atoms with Crippen LogP contribution in [0.1, 0.15) is 33.6 Å². The van der Waals surface area contributed by atoms with Gasteiger partial charge in [-0.2, -0.15) is 0 Å². The Morgan fingerprint density at radius 1 is 1.43 bits per heavy atom. The number of hydrogen-bond acceptors (Lipinski definition) is 3. The van der Waals surface area contributed by atoms with Gasteiger partial charge in [0.15, 0.2) is 0 Å². The summed E-state index contributed by atoms with van der Waals surface area (Å²) < 4.78 is 4.70. The van der Waals surface area contributed by atoms with Crippen LogP contribution in [0.2, 0.25) is 0 Å². The lowest BCUT2D eigenvalue weighted by molar-refractivity contribution is -0.137. The monoisotopic (exact) mass is 198 g/mol. The molecular weight excluding hydrogens is 180 g/mol. The summed E-state index contributed by atoms with van der Waals surface area (Å²) in [4.78, 5) is 21.7. The predicted octanol–water partition coefficient (Wildman–Crippen LogP) is 2.11. The number of allylic oxidation sites excluding steroid dienone is 1. The van der Waals surface area contributed by atoms with Crippen molar-refractivity contribution < 1.29 is 14.3 Å². The molecule has 0 heterocycles. The van der Waals surface area contributed by atoms with Gasteiger partial charge in [-0.3, -0.25) is 4.79 Å². The van der Waals surface area contributed by atoms with Gasteiger partial charge in [0, 0.05) is 12.0 Å². The lowest BCUT2D eigenvalue weighted by Crippen LogP contribution is -2.05. The molecule has 0 amide bonds. The van der Waals surface area contributed by atoms with Crippen molar-refractivity contribution in [2.75, 3.05) is 6.61 Å². The van der Waals surface area contributed by atoms with Crippen LogP contribution >= 0.6 is 0 Å². The van der Waals surface area contributed by atoms with Gasteiger partial charge in [-0.05, 0) is 26.7 Å². The van der Waals surface area contributed by atoms with Gasteiger partial charge in [0.1, 0.15) is 5.78 Å². The molecule has 0 radical (unpaired) electrons. The van der Waals surface area contributed by atoms with E-state index in [1.807, 2.05) is 6.92 Å². The molecular formula is C11H18O3. The SMILES string of the molecule is CCOC(=O)/C=C/CCC(C)C(C)=O. The maximum absolute atomic E-state index is 10.9. The predicted molar refractivity (Wildman–Crippen MR) is 54.9 cm³/mol. The summed E-state index contributed by atoms with van der Waals surface area (Å²) in [5.74, 6) is -0.0561. The van der Waals surface area contributed by atoms with E-state index in [2.05, 4.69) is 0 Å². The van der Waals surface area contributed by atoms with Crippen molar-refractivity contribution >= 4 is 11.8 Å². The maximum Gasteiger partial charge on any atom is 0.330 e. The minimum atomic E-state index is -0.317. The molecule has 3 heteroatoms. The minimum absolute atomic E-state index is 0.0712. The molecule has 0 fully saturated rings. The van der Waals surface area contributed by atoms with Crippen molar-refractivity contribution in [1.82, 2.24) is 0 Å². The average molecular weight is 198 g/mol. The first-order chi connectivity index (χ1) is 6.57.